The molecule has 4 atom stereocenters. The van der Waals surface area contributed by atoms with Gasteiger partial charge in [0, 0.05) is 30.1 Å². The molecular formula is C23H40N3O6PS. The van der Waals surface area contributed by atoms with E-state index >= 15 is 0 Å². The summed E-state index contributed by atoms with van der Waals surface area (Å²) in [6.45, 7) is 9.93. The molecule has 3 unspecified atom stereocenters. The predicted octanol–water partition coefficient (Wildman–Crippen LogP) is 3.99. The van der Waals surface area contributed by atoms with E-state index in [2.05, 4.69) is 10.6 Å². The molecule has 9 nitrogen and oxygen atoms in total. The highest BCUT2D eigenvalue weighted by Gasteiger charge is 2.42. The molecule has 2 heterocycles. The van der Waals surface area contributed by atoms with Crippen molar-refractivity contribution < 1.29 is 28.4 Å². The van der Waals surface area contributed by atoms with Crippen LogP contribution in [0.1, 0.15) is 58.6 Å². The summed E-state index contributed by atoms with van der Waals surface area (Å²) in [5, 5.41) is 30.8. The van der Waals surface area contributed by atoms with Crippen molar-refractivity contribution in [2.45, 2.75) is 66.6 Å². The molecule has 194 valence electrons. The lowest BCUT2D eigenvalue weighted by Gasteiger charge is -2.41. The van der Waals surface area contributed by atoms with Gasteiger partial charge in [-0.3, -0.25) is 14.2 Å². The zero-order valence-corrected chi connectivity index (χ0v) is 22.8. The highest BCUT2D eigenvalue weighted by atomic mass is 32.1. The van der Waals surface area contributed by atoms with Gasteiger partial charge in [-0.05, 0) is 31.6 Å². The minimum atomic E-state index is -3.50. The molecule has 1 aromatic rings. The summed E-state index contributed by atoms with van der Waals surface area (Å²) in [6, 6.07) is -0.686. The molecule has 0 saturated carbocycles. The fourth-order valence-corrected chi connectivity index (χ4v) is 8.13. The second-order valence-electron chi connectivity index (χ2n) is 10.1. The Morgan fingerprint density at radius 3 is 2.38 bits per heavy atom. The number of thiophene rings is 1. The Morgan fingerprint density at radius 2 is 1.85 bits per heavy atom. The van der Waals surface area contributed by atoms with Gasteiger partial charge in [-0.2, -0.15) is 0 Å². The number of quaternary nitrogens is 1. The number of fused-ring (bicyclic) bond motifs is 1. The van der Waals surface area contributed by atoms with Crippen LogP contribution in [0.4, 0.5) is 0 Å². The summed E-state index contributed by atoms with van der Waals surface area (Å²) in [5.74, 6) is -0.949. The molecule has 0 aromatic carbocycles. The molecular weight excluding hydrogens is 477 g/mol. The second kappa shape index (κ2) is 12.0. The van der Waals surface area contributed by atoms with Gasteiger partial charge in [-0.25, -0.2) is 0 Å². The molecule has 1 aliphatic rings. The molecule has 0 fully saturated rings. The Labute approximate surface area is 206 Å². The lowest BCUT2D eigenvalue weighted by atomic mass is 9.96. The van der Waals surface area contributed by atoms with Gasteiger partial charge in [-0.15, -0.1) is 11.3 Å². The molecule has 2 rings (SSSR count). The van der Waals surface area contributed by atoms with Crippen molar-refractivity contribution in [3.8, 4) is 5.06 Å². The normalized spacial score (nSPS) is 21.2. The van der Waals surface area contributed by atoms with Crippen molar-refractivity contribution in [1.82, 2.24) is 10.6 Å². The van der Waals surface area contributed by atoms with Crippen molar-refractivity contribution in [2.24, 2.45) is 17.8 Å². The fourth-order valence-electron chi connectivity index (χ4n) is 4.58. The molecule has 3 N–H and O–H groups in total. The minimum Gasteiger partial charge on any atom is -0.632 e. The van der Waals surface area contributed by atoms with E-state index in [9.17, 15) is 24.5 Å². The molecule has 0 spiro atoms. The fraction of sp³-hybridized carbons (Fsp3) is 0.739. The number of hydroxylamine groups is 3. The van der Waals surface area contributed by atoms with Crippen LogP contribution in [0.25, 0.3) is 0 Å². The van der Waals surface area contributed by atoms with Gasteiger partial charge in [-0.1, -0.05) is 27.7 Å². The number of aromatic hydroxyl groups is 1. The largest absolute Gasteiger partial charge is 0.632 e. The van der Waals surface area contributed by atoms with E-state index in [1.165, 1.54) is 18.4 Å². The monoisotopic (exact) mass is 517 g/mol. The molecule has 2 amide bonds. The summed E-state index contributed by atoms with van der Waals surface area (Å²) in [5.41, 5.74) is 1.39. The van der Waals surface area contributed by atoms with Crippen LogP contribution < -0.4 is 10.6 Å². The predicted molar refractivity (Wildman–Crippen MR) is 134 cm³/mol. The zero-order chi connectivity index (χ0) is 25.7. The van der Waals surface area contributed by atoms with Crippen molar-refractivity contribution in [1.29, 1.82) is 0 Å². The Morgan fingerprint density at radius 1 is 1.21 bits per heavy atom. The minimum absolute atomic E-state index is 0.0376. The quantitative estimate of drug-likeness (QED) is 0.206. The third-order valence-corrected chi connectivity index (χ3v) is 9.46. The number of carbonyl (C=O) groups excluding carboxylic acids is 2. The third-order valence-electron chi connectivity index (χ3n) is 5.91. The Balaban J connectivity index is 2.22. The van der Waals surface area contributed by atoms with E-state index in [1.807, 2.05) is 27.7 Å². The first-order valence-corrected chi connectivity index (χ1v) is 14.8. The van der Waals surface area contributed by atoms with Crippen molar-refractivity contribution >= 4 is 30.5 Å². The van der Waals surface area contributed by atoms with Crippen molar-refractivity contribution in [3.63, 3.8) is 0 Å². The van der Waals surface area contributed by atoms with Crippen LogP contribution in [0.2, 0.25) is 0 Å². The maximum absolute atomic E-state index is 13.9. The van der Waals surface area contributed by atoms with Crippen LogP contribution >= 0.6 is 18.7 Å². The second-order valence-corrected chi connectivity index (χ2v) is 13.5. The number of nitrogens with zero attached hydrogens (tertiary/aromatic N) is 1. The van der Waals surface area contributed by atoms with Gasteiger partial charge in [0.1, 0.15) is 19.1 Å². The SMILES string of the molecule is CCOP(=O)(CC(CC(C)C)C(=O)N[C@@H](CC(C)C)C(=O)NC)C[N+]1([O-])Cc2csc(O)c2C1. The van der Waals surface area contributed by atoms with Crippen LogP contribution in [0, 0.1) is 23.0 Å². The number of likely N-dealkylation sites (N-methyl/N-ethyl adjacent to an activating group) is 1. The number of rotatable bonds is 13. The van der Waals surface area contributed by atoms with Crippen LogP contribution in [-0.2, 0) is 31.8 Å². The van der Waals surface area contributed by atoms with Crippen molar-refractivity contribution in [2.75, 3.05) is 26.1 Å². The maximum atomic E-state index is 13.9. The standard InChI is InChI=1S/C23H40N3O6PS/c1-7-32-33(31,14-26(30)10-18-13-34-23(29)19(18)11-26)12-17(8-15(2)3)21(27)25-20(9-16(4)5)22(28)24-6/h13,15-17,20,29H,7-12,14H2,1-6H3,(H,24,28)(H,25,27)/t17?,20-,26?,33?/m0/s1. The molecule has 0 bridgehead atoms. The first-order chi connectivity index (χ1) is 15.8. The molecule has 1 aliphatic heterocycles. The van der Waals surface area contributed by atoms with Crippen LogP contribution in [-0.4, -0.2) is 53.7 Å². The summed E-state index contributed by atoms with van der Waals surface area (Å²) in [4.78, 5) is 25.6. The van der Waals surface area contributed by atoms with Crippen LogP contribution in [0.5, 0.6) is 5.06 Å². The van der Waals surface area contributed by atoms with E-state index in [0.717, 1.165) is 5.56 Å². The Kier molecular flexibility index (Phi) is 10.2. The average molecular weight is 518 g/mol. The summed E-state index contributed by atoms with van der Waals surface area (Å²) in [6.07, 6.45) is 0.618. The van der Waals surface area contributed by atoms with Crippen LogP contribution in [0.3, 0.4) is 0 Å². The molecule has 11 heteroatoms. The Bertz CT molecular complexity index is 905. The van der Waals surface area contributed by atoms with E-state index in [4.69, 9.17) is 4.52 Å². The van der Waals surface area contributed by atoms with Crippen LogP contribution in [0.15, 0.2) is 5.38 Å². The number of hydrogen-bond donors (Lipinski definition) is 3. The average Bonchev–Trinajstić information content (AvgIpc) is 3.21. The van der Waals surface area contributed by atoms with E-state index < -0.39 is 24.0 Å². The number of amides is 2. The summed E-state index contributed by atoms with van der Waals surface area (Å²) in [7, 11) is -1.97. The Hall–Kier alpha value is -1.45. The molecule has 1 aromatic heterocycles. The molecule has 0 saturated heterocycles. The highest BCUT2D eigenvalue weighted by molar-refractivity contribution is 7.58. The molecule has 0 aliphatic carbocycles. The topological polar surface area (TPSA) is 128 Å². The third kappa shape index (κ3) is 7.78. The van der Waals surface area contributed by atoms with Gasteiger partial charge in [0.25, 0.3) is 7.37 Å². The lowest BCUT2D eigenvalue weighted by Crippen LogP contribution is -2.49. The summed E-state index contributed by atoms with van der Waals surface area (Å²) >= 11 is 1.19. The van der Waals surface area contributed by atoms with Gasteiger partial charge in [0.15, 0.2) is 11.3 Å². The van der Waals surface area contributed by atoms with E-state index in [-0.39, 0.29) is 60.9 Å². The van der Waals surface area contributed by atoms with Gasteiger partial charge in [0.2, 0.25) is 11.8 Å². The highest BCUT2D eigenvalue weighted by Crippen LogP contribution is 2.54. The first kappa shape index (κ1) is 28.8. The lowest BCUT2D eigenvalue weighted by molar-refractivity contribution is -0.889. The van der Waals surface area contributed by atoms with E-state index in [1.54, 1.807) is 12.3 Å². The van der Waals surface area contributed by atoms with Crippen molar-refractivity contribution in [3.05, 3.63) is 21.7 Å². The molecule has 34 heavy (non-hydrogen) atoms. The van der Waals surface area contributed by atoms with Gasteiger partial charge in [0.05, 0.1) is 12.2 Å². The number of nitrogens with one attached hydrogen (secondary N) is 2. The number of carbonyl (C=O) groups is 2. The van der Waals surface area contributed by atoms with Gasteiger partial charge < -0.3 is 30.1 Å². The summed E-state index contributed by atoms with van der Waals surface area (Å²) < 4.78 is 18.8. The molecule has 0 radical (unpaired) electrons. The first-order valence-electron chi connectivity index (χ1n) is 11.9. The van der Waals surface area contributed by atoms with Gasteiger partial charge >= 0.3 is 0 Å². The zero-order valence-electron chi connectivity index (χ0n) is 21.1. The van der Waals surface area contributed by atoms with E-state index in [0.29, 0.717) is 18.4 Å². The smallest absolute Gasteiger partial charge is 0.256 e. The number of hydrogen-bond acceptors (Lipinski definition) is 7. The maximum Gasteiger partial charge on any atom is 0.256 e.